The van der Waals surface area contributed by atoms with Crippen LogP contribution in [-0.2, 0) is 6.54 Å². The number of nitrogens with zero attached hydrogens (tertiary/aromatic N) is 5. The van der Waals surface area contributed by atoms with Crippen molar-refractivity contribution in [3.63, 3.8) is 0 Å². The van der Waals surface area contributed by atoms with Crippen molar-refractivity contribution in [3.05, 3.63) is 39.9 Å². The quantitative estimate of drug-likeness (QED) is 0.323. The molecule has 2 aromatic heterocycles. The maximum atomic E-state index is 5.21. The van der Waals surface area contributed by atoms with Crippen LogP contribution >= 0.6 is 35.3 Å². The van der Waals surface area contributed by atoms with Gasteiger partial charge in [0.25, 0.3) is 0 Å². The Hall–Kier alpha value is -1.17. The van der Waals surface area contributed by atoms with Crippen molar-refractivity contribution in [2.45, 2.75) is 39.3 Å². The van der Waals surface area contributed by atoms with Crippen LogP contribution in [0, 0.1) is 12.8 Å². The molecule has 178 valence electrons. The van der Waals surface area contributed by atoms with Crippen molar-refractivity contribution in [1.82, 2.24) is 25.2 Å². The summed E-state index contributed by atoms with van der Waals surface area (Å²) in [6, 6.07) is 6.98. The molecule has 2 aliphatic rings. The molecule has 2 fully saturated rings. The Bertz CT molecular complexity index is 833. The Labute approximate surface area is 213 Å². The number of piperidine rings is 1. The van der Waals surface area contributed by atoms with E-state index in [1.54, 1.807) is 0 Å². The monoisotopic (exact) mass is 572 g/mol. The molecule has 0 radical (unpaired) electrons. The van der Waals surface area contributed by atoms with Gasteiger partial charge in [0, 0.05) is 62.8 Å². The molecule has 2 aliphatic heterocycles. The molecule has 0 aromatic carbocycles. The Morgan fingerprint density at radius 3 is 2.75 bits per heavy atom. The van der Waals surface area contributed by atoms with Gasteiger partial charge in [-0.3, -0.25) is 14.8 Å². The summed E-state index contributed by atoms with van der Waals surface area (Å²) in [5.74, 6) is 2.52. The smallest absolute Gasteiger partial charge is 0.194 e. The Balaban J connectivity index is 0.00000289. The second kappa shape index (κ2) is 12.3. The first-order chi connectivity index (χ1) is 15.1. The maximum Gasteiger partial charge on any atom is 0.194 e. The highest BCUT2D eigenvalue weighted by Crippen LogP contribution is 2.37. The first-order valence-electron chi connectivity index (χ1n) is 11.6. The minimum atomic E-state index is 0. The molecule has 2 atom stereocenters. The molecule has 0 aliphatic carbocycles. The molecule has 32 heavy (non-hydrogen) atoms. The van der Waals surface area contributed by atoms with Gasteiger partial charge in [-0.2, -0.15) is 0 Å². The van der Waals surface area contributed by atoms with Crippen molar-refractivity contribution in [1.29, 1.82) is 0 Å². The molecule has 0 amide bonds. The largest absolute Gasteiger partial charge is 0.361 e. The van der Waals surface area contributed by atoms with Crippen molar-refractivity contribution >= 4 is 41.3 Å². The van der Waals surface area contributed by atoms with Crippen LogP contribution < -0.4 is 5.32 Å². The van der Waals surface area contributed by atoms with Gasteiger partial charge in [-0.1, -0.05) is 11.2 Å². The van der Waals surface area contributed by atoms with E-state index in [2.05, 4.69) is 56.7 Å². The van der Waals surface area contributed by atoms with Gasteiger partial charge in [-0.25, -0.2) is 0 Å². The fourth-order valence-electron chi connectivity index (χ4n) is 4.83. The van der Waals surface area contributed by atoms with Gasteiger partial charge in [0.1, 0.15) is 5.76 Å². The molecule has 0 saturated carbocycles. The van der Waals surface area contributed by atoms with Gasteiger partial charge in [0.15, 0.2) is 5.96 Å². The third-order valence-corrected chi connectivity index (χ3v) is 7.33. The Kier molecular flexibility index (Phi) is 9.81. The Morgan fingerprint density at radius 2 is 2.09 bits per heavy atom. The molecule has 2 aromatic rings. The van der Waals surface area contributed by atoms with E-state index in [4.69, 9.17) is 9.52 Å². The highest BCUT2D eigenvalue weighted by Gasteiger charge is 2.31. The zero-order valence-electron chi connectivity index (χ0n) is 19.5. The number of rotatable bonds is 6. The number of piperazine rings is 1. The van der Waals surface area contributed by atoms with Crippen molar-refractivity contribution < 1.29 is 4.52 Å². The third-order valence-electron chi connectivity index (χ3n) is 6.39. The summed E-state index contributed by atoms with van der Waals surface area (Å²) >= 11 is 1.88. The highest BCUT2D eigenvalue weighted by molar-refractivity contribution is 14.0. The van der Waals surface area contributed by atoms with Crippen LogP contribution in [0.1, 0.15) is 42.1 Å². The minimum absolute atomic E-state index is 0. The van der Waals surface area contributed by atoms with E-state index in [1.807, 2.05) is 24.3 Å². The predicted molar refractivity (Wildman–Crippen MR) is 142 cm³/mol. The van der Waals surface area contributed by atoms with Gasteiger partial charge in [0.05, 0.1) is 5.69 Å². The van der Waals surface area contributed by atoms with Gasteiger partial charge < -0.3 is 14.7 Å². The van der Waals surface area contributed by atoms with Crippen molar-refractivity contribution in [2.75, 3.05) is 52.9 Å². The molecule has 0 bridgehead atoms. The number of aryl methyl sites for hydroxylation is 1. The summed E-state index contributed by atoms with van der Waals surface area (Å²) in [5.41, 5.74) is 1.02. The summed E-state index contributed by atoms with van der Waals surface area (Å²) in [4.78, 5) is 14.0. The van der Waals surface area contributed by atoms with Crippen LogP contribution in [0.4, 0.5) is 0 Å². The highest BCUT2D eigenvalue weighted by atomic mass is 127. The number of hydrogen-bond acceptors (Lipinski definition) is 6. The number of thiophene rings is 1. The second-order valence-corrected chi connectivity index (χ2v) is 9.71. The predicted octanol–water partition coefficient (Wildman–Crippen LogP) is 3.83. The van der Waals surface area contributed by atoms with Crippen LogP contribution in [0.15, 0.2) is 33.1 Å². The van der Waals surface area contributed by atoms with E-state index in [-0.39, 0.29) is 24.0 Å². The number of aliphatic imine (C=N–C) groups is 1. The number of guanidine groups is 1. The number of likely N-dealkylation sites (tertiary alicyclic amines) is 1. The fourth-order valence-corrected chi connectivity index (χ4v) is 5.81. The van der Waals surface area contributed by atoms with Gasteiger partial charge in [-0.15, -0.1) is 35.3 Å². The third kappa shape index (κ3) is 6.45. The number of hydrogen-bond donors (Lipinski definition) is 1. The van der Waals surface area contributed by atoms with E-state index in [1.165, 1.54) is 24.3 Å². The lowest BCUT2D eigenvalue weighted by atomic mass is 9.88. The normalized spacial score (nSPS) is 23.2. The van der Waals surface area contributed by atoms with E-state index in [9.17, 15) is 0 Å². The van der Waals surface area contributed by atoms with Crippen LogP contribution in [0.2, 0.25) is 0 Å². The van der Waals surface area contributed by atoms with Crippen LogP contribution in [-0.4, -0.2) is 78.7 Å². The fraction of sp³-hybridized carbons (Fsp3) is 0.652. The lowest BCUT2D eigenvalue weighted by Gasteiger charge is -2.39. The standard InChI is InChI=1S/C23H36N6OS.HI/c1-4-24-23(29-12-10-28(11-13-29)17-20-15-18(2)30-26-20)25-16-19-7-5-9-27(3)22(19)21-8-6-14-31-21;/h6,8,14-15,19,22H,4-5,7,9-13,16-17H2,1-3H3,(H,24,25);1H. The van der Waals surface area contributed by atoms with Crippen LogP contribution in [0.3, 0.4) is 0 Å². The number of halogens is 1. The first-order valence-corrected chi connectivity index (χ1v) is 12.4. The van der Waals surface area contributed by atoms with Crippen molar-refractivity contribution in [2.24, 2.45) is 10.9 Å². The molecule has 2 unspecified atom stereocenters. The molecular weight excluding hydrogens is 535 g/mol. The van der Waals surface area contributed by atoms with Gasteiger partial charge >= 0.3 is 0 Å². The van der Waals surface area contributed by atoms with E-state index < -0.39 is 0 Å². The molecule has 7 nitrogen and oxygen atoms in total. The summed E-state index contributed by atoms with van der Waals surface area (Å²) in [7, 11) is 2.26. The summed E-state index contributed by atoms with van der Waals surface area (Å²) < 4.78 is 5.21. The summed E-state index contributed by atoms with van der Waals surface area (Å²) in [5, 5.41) is 9.88. The molecule has 2 saturated heterocycles. The average molecular weight is 573 g/mol. The van der Waals surface area contributed by atoms with Crippen LogP contribution in [0.5, 0.6) is 0 Å². The zero-order valence-corrected chi connectivity index (χ0v) is 22.6. The van der Waals surface area contributed by atoms with E-state index >= 15 is 0 Å². The topological polar surface area (TPSA) is 60.1 Å². The zero-order chi connectivity index (χ0) is 21.6. The molecule has 1 N–H and O–H groups in total. The first kappa shape index (κ1) is 25.5. The molecule has 0 spiro atoms. The molecule has 4 rings (SSSR count). The van der Waals surface area contributed by atoms with Gasteiger partial charge in [-0.05, 0) is 57.6 Å². The second-order valence-electron chi connectivity index (χ2n) is 8.73. The van der Waals surface area contributed by atoms with Gasteiger partial charge in [0.2, 0.25) is 0 Å². The summed E-state index contributed by atoms with van der Waals surface area (Å²) in [6.45, 7) is 11.9. The SMILES string of the molecule is CCNC(=NCC1CCCN(C)C1c1cccs1)N1CCN(Cc2cc(C)on2)CC1.I. The van der Waals surface area contributed by atoms with Crippen LogP contribution in [0.25, 0.3) is 0 Å². The van der Waals surface area contributed by atoms with E-state index in [0.29, 0.717) is 12.0 Å². The molecule has 9 heteroatoms. The Morgan fingerprint density at radius 1 is 1.28 bits per heavy atom. The number of aromatic nitrogens is 1. The summed E-state index contributed by atoms with van der Waals surface area (Å²) in [6.07, 6.45) is 2.51. The minimum Gasteiger partial charge on any atom is -0.361 e. The average Bonchev–Trinajstić information content (AvgIpc) is 3.44. The lowest BCUT2D eigenvalue weighted by Crippen LogP contribution is -2.52. The number of nitrogens with one attached hydrogen (secondary N) is 1. The van der Waals surface area contributed by atoms with E-state index in [0.717, 1.165) is 63.2 Å². The lowest BCUT2D eigenvalue weighted by molar-refractivity contribution is 0.127. The molecule has 4 heterocycles. The molecular formula is C23H37IN6OS. The maximum absolute atomic E-state index is 5.21. The van der Waals surface area contributed by atoms with Crippen molar-refractivity contribution in [3.8, 4) is 0 Å².